The van der Waals surface area contributed by atoms with Crippen LogP contribution in [0.1, 0.15) is 69.2 Å². The van der Waals surface area contributed by atoms with E-state index in [-0.39, 0.29) is 10.8 Å². The molecule has 0 saturated heterocycles. The van der Waals surface area contributed by atoms with Crippen molar-refractivity contribution in [1.29, 1.82) is 0 Å². The van der Waals surface area contributed by atoms with E-state index in [4.69, 9.17) is 10.2 Å². The van der Waals surface area contributed by atoms with Gasteiger partial charge in [-0.3, -0.25) is 0 Å². The number of hydrogen-bond donors (Lipinski definition) is 2. The molecule has 0 bridgehead atoms. The van der Waals surface area contributed by atoms with Crippen molar-refractivity contribution in [2.45, 2.75) is 73.4 Å². The van der Waals surface area contributed by atoms with Crippen LogP contribution in [0.5, 0.6) is 0 Å². The second-order valence-corrected chi connectivity index (χ2v) is 14.5. The molecular formula is C25H43O2Zr. The van der Waals surface area contributed by atoms with E-state index in [1.165, 1.54) is 15.3 Å². The summed E-state index contributed by atoms with van der Waals surface area (Å²) in [4.78, 5) is 0. The van der Waals surface area contributed by atoms with Crippen LogP contribution in [0.4, 0.5) is 0 Å². The topological polar surface area (TPSA) is 40.5 Å². The summed E-state index contributed by atoms with van der Waals surface area (Å²) >= 11 is -2.03. The van der Waals surface area contributed by atoms with Crippen LogP contribution in [0, 0.1) is 10.8 Å². The summed E-state index contributed by atoms with van der Waals surface area (Å²) in [6.07, 6.45) is 2.20. The third-order valence-electron chi connectivity index (χ3n) is 7.08. The van der Waals surface area contributed by atoms with Crippen molar-refractivity contribution in [1.82, 2.24) is 0 Å². The molecule has 28 heavy (non-hydrogen) atoms. The van der Waals surface area contributed by atoms with E-state index in [1.54, 1.807) is 22.3 Å². The fourth-order valence-electron chi connectivity index (χ4n) is 4.87. The Kier molecular flexibility index (Phi) is 10.3. The molecule has 0 aromatic rings. The predicted molar refractivity (Wildman–Crippen MR) is 121 cm³/mol. The fourth-order valence-corrected chi connectivity index (χ4v) is 15.0. The molecule has 0 fully saturated rings. The normalized spacial score (nSPS) is 20.1. The van der Waals surface area contributed by atoms with Crippen LogP contribution >= 0.6 is 0 Å². The van der Waals surface area contributed by atoms with Crippen molar-refractivity contribution in [2.24, 2.45) is 10.8 Å². The van der Waals surface area contributed by atoms with Crippen molar-refractivity contribution in [3.05, 3.63) is 52.7 Å². The van der Waals surface area contributed by atoms with Gasteiger partial charge in [0.2, 0.25) is 0 Å². The maximum Gasteiger partial charge on any atom is 0.0319 e. The fraction of sp³-hybridized carbons (Fsp3) is 0.600. The molecule has 0 atom stereocenters. The SMILES string of the molecule is C=C[CH2][Zr]([C]1=C(C)C(C)=C(C)C1(C)C)[C]1=C(C)C(C)=C(C)C1(C)C.CO.CO. The van der Waals surface area contributed by atoms with E-state index in [0.29, 0.717) is 0 Å². The van der Waals surface area contributed by atoms with Crippen LogP contribution in [0.15, 0.2) is 52.7 Å². The Morgan fingerprint density at radius 3 is 1.14 bits per heavy atom. The molecule has 2 rings (SSSR count). The second kappa shape index (κ2) is 10.5. The van der Waals surface area contributed by atoms with Crippen molar-refractivity contribution in [3.63, 3.8) is 0 Å². The molecule has 2 aliphatic rings. The first-order chi connectivity index (χ1) is 12.9. The number of allylic oxidation sites excluding steroid dienone is 9. The molecule has 0 radical (unpaired) electrons. The molecule has 2 aliphatic carbocycles. The molecule has 0 aromatic heterocycles. The van der Waals surface area contributed by atoms with Gasteiger partial charge in [-0.2, -0.15) is 0 Å². The zero-order valence-electron chi connectivity index (χ0n) is 20.4. The Labute approximate surface area is 182 Å². The largest absolute Gasteiger partial charge is 0.400 e. The molecular weight excluding hydrogens is 423 g/mol. The summed E-state index contributed by atoms with van der Waals surface area (Å²) in [6, 6.07) is 0. The summed E-state index contributed by atoms with van der Waals surface area (Å²) in [7, 11) is 2.00. The molecule has 0 heterocycles. The molecule has 159 valence electrons. The summed E-state index contributed by atoms with van der Waals surface area (Å²) in [5.74, 6) is 0. The molecule has 2 N–H and O–H groups in total. The first-order valence-electron chi connectivity index (χ1n) is 10.1. The molecule has 0 saturated carbocycles. The Morgan fingerprint density at radius 2 is 0.964 bits per heavy atom. The van der Waals surface area contributed by atoms with Gasteiger partial charge in [-0.15, -0.1) is 0 Å². The maximum absolute atomic E-state index is 7.00. The quantitative estimate of drug-likeness (QED) is 0.451. The Morgan fingerprint density at radius 1 is 0.679 bits per heavy atom. The monoisotopic (exact) mass is 465 g/mol. The van der Waals surface area contributed by atoms with Crippen molar-refractivity contribution in [3.8, 4) is 0 Å². The summed E-state index contributed by atoms with van der Waals surface area (Å²) in [5, 5.41) is 14.0. The Hall–Kier alpha value is -0.497. The zero-order valence-corrected chi connectivity index (χ0v) is 22.8. The van der Waals surface area contributed by atoms with Gasteiger partial charge in [-0.25, -0.2) is 0 Å². The number of aliphatic hydroxyl groups is 2. The van der Waals surface area contributed by atoms with E-state index < -0.39 is 21.8 Å². The summed E-state index contributed by atoms with van der Waals surface area (Å²) < 4.78 is 4.84. The smallest absolute Gasteiger partial charge is 0.0319 e. The van der Waals surface area contributed by atoms with Gasteiger partial charge >= 0.3 is 159 Å². The van der Waals surface area contributed by atoms with Crippen LogP contribution in [-0.4, -0.2) is 24.4 Å². The molecule has 0 aromatic carbocycles. The van der Waals surface area contributed by atoms with Crippen LogP contribution < -0.4 is 0 Å². The molecule has 3 heteroatoms. The van der Waals surface area contributed by atoms with Crippen LogP contribution in [-0.2, 0) is 21.8 Å². The third-order valence-corrected chi connectivity index (χ3v) is 16.7. The van der Waals surface area contributed by atoms with E-state index in [1.807, 2.05) is 6.56 Å². The minimum atomic E-state index is -2.03. The zero-order chi connectivity index (χ0) is 22.6. The van der Waals surface area contributed by atoms with Gasteiger partial charge in [0.05, 0.1) is 0 Å². The van der Waals surface area contributed by atoms with Gasteiger partial charge in [0, 0.05) is 14.2 Å². The minimum Gasteiger partial charge on any atom is -0.400 e. The number of hydrogen-bond acceptors (Lipinski definition) is 2. The molecule has 0 amide bonds. The van der Waals surface area contributed by atoms with E-state index in [2.05, 4.69) is 81.9 Å². The van der Waals surface area contributed by atoms with Gasteiger partial charge < -0.3 is 10.2 Å². The van der Waals surface area contributed by atoms with E-state index in [9.17, 15) is 0 Å². The van der Waals surface area contributed by atoms with Gasteiger partial charge in [0.15, 0.2) is 0 Å². The van der Waals surface area contributed by atoms with E-state index in [0.717, 1.165) is 14.2 Å². The number of rotatable bonds is 4. The molecule has 0 aliphatic heterocycles. The Balaban J connectivity index is 0.00000171. The Bertz CT molecular complexity index is 670. The first kappa shape index (κ1) is 27.5. The number of aliphatic hydroxyl groups excluding tert-OH is 2. The van der Waals surface area contributed by atoms with Crippen molar-refractivity contribution >= 4 is 0 Å². The average molecular weight is 467 g/mol. The van der Waals surface area contributed by atoms with Crippen LogP contribution in [0.2, 0.25) is 4.13 Å². The summed E-state index contributed by atoms with van der Waals surface area (Å²) in [5.41, 5.74) is 9.85. The van der Waals surface area contributed by atoms with Gasteiger partial charge in [-0.05, 0) is 0 Å². The first-order valence-corrected chi connectivity index (χ1v) is 14.3. The second-order valence-electron chi connectivity index (χ2n) is 8.72. The van der Waals surface area contributed by atoms with Gasteiger partial charge in [-0.1, -0.05) is 0 Å². The van der Waals surface area contributed by atoms with Gasteiger partial charge in [0.25, 0.3) is 0 Å². The van der Waals surface area contributed by atoms with Gasteiger partial charge in [0.1, 0.15) is 0 Å². The standard InChI is InChI=1S/2C10H15.C3H5.2CH4O.Zr/c2*1-7-6-10(4,5)9(3)8(7)2;1-3-2;2*1-2;/h2*1-5H3;3H,1-2H2;2*2H,1H3;. The molecule has 2 nitrogen and oxygen atoms in total. The van der Waals surface area contributed by atoms with Crippen LogP contribution in [0.25, 0.3) is 0 Å². The predicted octanol–water partition coefficient (Wildman–Crippen LogP) is 6.73. The van der Waals surface area contributed by atoms with Crippen LogP contribution in [0.3, 0.4) is 0 Å². The maximum atomic E-state index is 7.00. The average Bonchev–Trinajstić information content (AvgIpc) is 2.91. The summed E-state index contributed by atoms with van der Waals surface area (Å²) in [6.45, 7) is 28.0. The van der Waals surface area contributed by atoms with Crippen molar-refractivity contribution in [2.75, 3.05) is 14.2 Å². The molecule has 0 unspecified atom stereocenters. The third kappa shape index (κ3) is 4.47. The van der Waals surface area contributed by atoms with E-state index >= 15 is 0 Å². The van der Waals surface area contributed by atoms with Crippen molar-refractivity contribution < 1.29 is 32.0 Å². The molecule has 0 spiro atoms. The minimum absolute atomic E-state index is 0.222.